The first-order chi connectivity index (χ1) is 10.2. The van der Waals surface area contributed by atoms with Crippen LogP contribution in [0.25, 0.3) is 5.70 Å². The standard InChI is InChI=1S/C18H23FN2/c1-3-6-15-14(13-7-5-8-13)9-10-16(18(15)19)17(12-20)21-11-4-2/h4,9-13H,2-3,5-8,20H2,1H3/b17-12-,21-11?. The summed E-state index contributed by atoms with van der Waals surface area (Å²) in [5, 5.41) is 0. The zero-order chi connectivity index (χ0) is 15.2. The first-order valence-corrected chi connectivity index (χ1v) is 7.61. The maximum Gasteiger partial charge on any atom is 0.136 e. The Hall–Kier alpha value is -1.90. The van der Waals surface area contributed by atoms with Gasteiger partial charge in [0.25, 0.3) is 0 Å². The first kappa shape index (κ1) is 15.5. The second kappa shape index (κ2) is 7.21. The summed E-state index contributed by atoms with van der Waals surface area (Å²) in [6, 6.07) is 3.86. The minimum absolute atomic E-state index is 0.167. The molecule has 0 bridgehead atoms. The summed E-state index contributed by atoms with van der Waals surface area (Å²) in [4.78, 5) is 4.15. The number of hydrogen-bond acceptors (Lipinski definition) is 2. The minimum Gasteiger partial charge on any atom is -0.403 e. The lowest BCUT2D eigenvalue weighted by atomic mass is 9.77. The number of allylic oxidation sites excluding steroid dienone is 1. The third-order valence-electron chi connectivity index (χ3n) is 4.08. The number of nitrogens with zero attached hydrogens (tertiary/aromatic N) is 1. The Morgan fingerprint density at radius 1 is 1.48 bits per heavy atom. The summed E-state index contributed by atoms with van der Waals surface area (Å²) in [6.45, 7) is 5.65. The van der Waals surface area contributed by atoms with Gasteiger partial charge in [0.05, 0.1) is 5.70 Å². The molecule has 1 saturated carbocycles. The summed E-state index contributed by atoms with van der Waals surface area (Å²) >= 11 is 0. The molecule has 1 fully saturated rings. The van der Waals surface area contributed by atoms with Crippen LogP contribution in [0.5, 0.6) is 0 Å². The fourth-order valence-electron chi connectivity index (χ4n) is 2.78. The summed E-state index contributed by atoms with van der Waals surface area (Å²) < 4.78 is 14.9. The Morgan fingerprint density at radius 2 is 2.24 bits per heavy atom. The second-order valence-corrected chi connectivity index (χ2v) is 5.44. The molecule has 0 spiro atoms. The molecule has 2 N–H and O–H groups in total. The number of halogens is 1. The van der Waals surface area contributed by atoms with Crippen molar-refractivity contribution < 1.29 is 4.39 Å². The normalized spacial score (nSPS) is 16.2. The molecule has 0 aliphatic heterocycles. The highest BCUT2D eigenvalue weighted by Crippen LogP contribution is 2.40. The highest BCUT2D eigenvalue weighted by Gasteiger charge is 2.25. The molecule has 2 rings (SSSR count). The van der Waals surface area contributed by atoms with Gasteiger partial charge in [-0.15, -0.1) is 0 Å². The van der Waals surface area contributed by atoms with Gasteiger partial charge >= 0.3 is 0 Å². The van der Waals surface area contributed by atoms with E-state index >= 15 is 0 Å². The van der Waals surface area contributed by atoms with E-state index in [0.29, 0.717) is 17.2 Å². The van der Waals surface area contributed by atoms with Gasteiger partial charge in [0.1, 0.15) is 5.82 Å². The molecular formula is C18H23FN2. The predicted molar refractivity (Wildman–Crippen MR) is 87.8 cm³/mol. The minimum atomic E-state index is -0.167. The van der Waals surface area contributed by atoms with Crippen LogP contribution in [-0.4, -0.2) is 6.21 Å². The molecule has 1 aromatic carbocycles. The Labute approximate surface area is 126 Å². The number of hydrogen-bond donors (Lipinski definition) is 1. The summed E-state index contributed by atoms with van der Waals surface area (Å²) in [5.74, 6) is 0.358. The molecule has 112 valence electrons. The molecule has 1 aliphatic carbocycles. The topological polar surface area (TPSA) is 38.4 Å². The van der Waals surface area contributed by atoms with Crippen molar-refractivity contribution >= 4 is 11.9 Å². The number of nitrogens with two attached hydrogens (primary N) is 1. The Morgan fingerprint density at radius 3 is 2.76 bits per heavy atom. The smallest absolute Gasteiger partial charge is 0.136 e. The predicted octanol–water partition coefficient (Wildman–Crippen LogP) is 4.56. The van der Waals surface area contributed by atoms with Gasteiger partial charge in [-0.1, -0.05) is 38.5 Å². The second-order valence-electron chi connectivity index (χ2n) is 5.44. The molecule has 2 nitrogen and oxygen atoms in total. The maximum atomic E-state index is 14.9. The van der Waals surface area contributed by atoms with E-state index in [-0.39, 0.29) is 5.82 Å². The summed E-state index contributed by atoms with van der Waals surface area (Å²) in [6.07, 6.45) is 9.70. The summed E-state index contributed by atoms with van der Waals surface area (Å²) in [5.41, 5.74) is 8.54. The van der Waals surface area contributed by atoms with Crippen molar-refractivity contribution in [1.82, 2.24) is 0 Å². The van der Waals surface area contributed by atoms with Crippen molar-refractivity contribution in [3.8, 4) is 0 Å². The monoisotopic (exact) mass is 286 g/mol. The highest BCUT2D eigenvalue weighted by atomic mass is 19.1. The molecule has 0 unspecified atom stereocenters. The van der Waals surface area contributed by atoms with Gasteiger partial charge in [0.15, 0.2) is 0 Å². The van der Waals surface area contributed by atoms with Crippen LogP contribution in [0.3, 0.4) is 0 Å². The molecular weight excluding hydrogens is 263 g/mol. The van der Waals surface area contributed by atoms with Crippen molar-refractivity contribution in [3.63, 3.8) is 0 Å². The van der Waals surface area contributed by atoms with Crippen molar-refractivity contribution in [3.05, 3.63) is 53.5 Å². The van der Waals surface area contributed by atoms with Crippen LogP contribution in [0, 0.1) is 5.82 Å². The van der Waals surface area contributed by atoms with Gasteiger partial charge in [-0.2, -0.15) is 0 Å². The van der Waals surface area contributed by atoms with Gasteiger partial charge < -0.3 is 5.73 Å². The molecule has 0 heterocycles. The van der Waals surface area contributed by atoms with Crippen LogP contribution in [0.15, 0.2) is 36.0 Å². The lowest BCUT2D eigenvalue weighted by Crippen LogP contribution is -2.13. The summed E-state index contributed by atoms with van der Waals surface area (Å²) in [7, 11) is 0. The van der Waals surface area contributed by atoms with E-state index in [1.54, 1.807) is 12.1 Å². The van der Waals surface area contributed by atoms with E-state index in [9.17, 15) is 4.39 Å². The van der Waals surface area contributed by atoms with Crippen LogP contribution < -0.4 is 5.73 Å². The number of aliphatic imine (C=N–C) groups is 1. The van der Waals surface area contributed by atoms with E-state index in [4.69, 9.17) is 5.73 Å². The van der Waals surface area contributed by atoms with Gasteiger partial charge in [0.2, 0.25) is 0 Å². The third kappa shape index (κ3) is 3.23. The maximum absolute atomic E-state index is 14.9. The van der Waals surface area contributed by atoms with Crippen molar-refractivity contribution in [2.24, 2.45) is 10.7 Å². The van der Waals surface area contributed by atoms with Crippen molar-refractivity contribution in [2.45, 2.75) is 44.9 Å². The van der Waals surface area contributed by atoms with Gasteiger partial charge in [-0.3, -0.25) is 4.99 Å². The first-order valence-electron chi connectivity index (χ1n) is 7.61. The largest absolute Gasteiger partial charge is 0.403 e. The van der Waals surface area contributed by atoms with E-state index in [0.717, 1.165) is 18.4 Å². The third-order valence-corrected chi connectivity index (χ3v) is 4.08. The van der Waals surface area contributed by atoms with Gasteiger partial charge in [0, 0.05) is 18.0 Å². The van der Waals surface area contributed by atoms with E-state index < -0.39 is 0 Å². The van der Waals surface area contributed by atoms with Crippen LogP contribution in [0.2, 0.25) is 0 Å². The number of rotatable bonds is 6. The fraction of sp³-hybridized carbons (Fsp3) is 0.389. The van der Waals surface area contributed by atoms with Crippen molar-refractivity contribution in [1.29, 1.82) is 0 Å². The fourth-order valence-corrected chi connectivity index (χ4v) is 2.78. The molecule has 1 aliphatic rings. The van der Waals surface area contributed by atoms with Gasteiger partial charge in [-0.05, 0) is 42.4 Å². The van der Waals surface area contributed by atoms with Crippen molar-refractivity contribution in [2.75, 3.05) is 0 Å². The average Bonchev–Trinajstić information content (AvgIpc) is 2.43. The van der Waals surface area contributed by atoms with E-state index in [1.165, 1.54) is 37.2 Å². The lowest BCUT2D eigenvalue weighted by Gasteiger charge is -2.28. The van der Waals surface area contributed by atoms with Crippen LogP contribution in [-0.2, 0) is 6.42 Å². The quantitative estimate of drug-likeness (QED) is 0.765. The SMILES string of the molecule is C=CC=N/C(=C\N)c1ccc(C2CCC2)c(CCC)c1F. The average molecular weight is 286 g/mol. The van der Waals surface area contributed by atoms with E-state index in [1.807, 2.05) is 0 Å². The molecule has 0 amide bonds. The molecule has 3 heteroatoms. The zero-order valence-electron chi connectivity index (χ0n) is 12.6. The Bertz CT molecular complexity index is 569. The van der Waals surface area contributed by atoms with Gasteiger partial charge in [-0.25, -0.2) is 4.39 Å². The Kier molecular flexibility index (Phi) is 5.32. The molecule has 0 saturated heterocycles. The Balaban J connectivity index is 2.46. The number of benzene rings is 1. The molecule has 0 atom stereocenters. The molecule has 0 radical (unpaired) electrons. The molecule has 1 aromatic rings. The van der Waals surface area contributed by atoms with E-state index in [2.05, 4.69) is 24.6 Å². The highest BCUT2D eigenvalue weighted by molar-refractivity contribution is 5.79. The molecule has 21 heavy (non-hydrogen) atoms. The van der Waals surface area contributed by atoms with Crippen LogP contribution in [0.1, 0.15) is 55.2 Å². The lowest BCUT2D eigenvalue weighted by molar-refractivity contribution is 0.414. The van der Waals surface area contributed by atoms with Crippen LogP contribution >= 0.6 is 0 Å². The zero-order valence-corrected chi connectivity index (χ0v) is 12.6. The van der Waals surface area contributed by atoms with Crippen LogP contribution in [0.4, 0.5) is 4.39 Å². The molecule has 0 aromatic heterocycles.